The average molecular weight is 293 g/mol. The molecule has 3 heteroatoms. The molecule has 0 unspecified atom stereocenters. The maximum atomic E-state index is 13.2. The predicted molar refractivity (Wildman–Crippen MR) is 61.1 cm³/mol. The third kappa shape index (κ3) is 3.60. The first-order valence-corrected chi connectivity index (χ1v) is 5.35. The Kier molecular flexibility index (Phi) is 4.12. The molecule has 0 saturated heterocycles. The third-order valence-electron chi connectivity index (χ3n) is 1.71. The maximum absolute atomic E-state index is 13.2. The van der Waals surface area contributed by atoms with E-state index in [4.69, 9.17) is 0 Å². The standard InChI is InChI=1S/C10H13FIN/c1-7(2)13-6-8-5-9(12)3-4-10(8)11/h3-5,7,13H,6H2,1-2H3. The molecule has 13 heavy (non-hydrogen) atoms. The highest BCUT2D eigenvalue weighted by Gasteiger charge is 2.02. The van der Waals surface area contributed by atoms with Crippen LogP contribution in [0.25, 0.3) is 0 Å². The van der Waals surface area contributed by atoms with Gasteiger partial charge in [-0.3, -0.25) is 0 Å². The lowest BCUT2D eigenvalue weighted by Gasteiger charge is -2.08. The molecule has 1 N–H and O–H groups in total. The Morgan fingerprint density at radius 1 is 1.46 bits per heavy atom. The van der Waals surface area contributed by atoms with Crippen molar-refractivity contribution >= 4 is 22.6 Å². The lowest BCUT2D eigenvalue weighted by molar-refractivity contribution is 0.553. The molecule has 0 aliphatic rings. The van der Waals surface area contributed by atoms with Crippen molar-refractivity contribution in [3.63, 3.8) is 0 Å². The monoisotopic (exact) mass is 293 g/mol. The van der Waals surface area contributed by atoms with Crippen LogP contribution in [0.15, 0.2) is 18.2 Å². The average Bonchev–Trinajstić information content (AvgIpc) is 2.06. The number of benzene rings is 1. The van der Waals surface area contributed by atoms with Crippen molar-refractivity contribution in [2.45, 2.75) is 26.4 Å². The fraction of sp³-hybridized carbons (Fsp3) is 0.400. The van der Waals surface area contributed by atoms with Crippen LogP contribution >= 0.6 is 22.6 Å². The first-order chi connectivity index (χ1) is 6.09. The Hall–Kier alpha value is -0.160. The second-order valence-corrected chi connectivity index (χ2v) is 4.52. The Labute approximate surface area is 91.9 Å². The molecule has 1 rings (SSSR count). The number of rotatable bonds is 3. The van der Waals surface area contributed by atoms with Crippen LogP contribution in [0.3, 0.4) is 0 Å². The summed E-state index contributed by atoms with van der Waals surface area (Å²) in [6.45, 7) is 4.69. The molecule has 0 aliphatic carbocycles. The third-order valence-corrected chi connectivity index (χ3v) is 2.38. The van der Waals surface area contributed by atoms with Gasteiger partial charge in [0.15, 0.2) is 0 Å². The quantitative estimate of drug-likeness (QED) is 0.845. The topological polar surface area (TPSA) is 12.0 Å². The molecule has 0 atom stereocenters. The van der Waals surface area contributed by atoms with Crippen molar-refractivity contribution in [3.8, 4) is 0 Å². The van der Waals surface area contributed by atoms with Crippen molar-refractivity contribution in [2.75, 3.05) is 0 Å². The van der Waals surface area contributed by atoms with Gasteiger partial charge in [0.05, 0.1) is 0 Å². The van der Waals surface area contributed by atoms with Gasteiger partial charge in [0.2, 0.25) is 0 Å². The Morgan fingerprint density at radius 3 is 2.77 bits per heavy atom. The molecule has 1 aromatic carbocycles. The van der Waals surface area contributed by atoms with Crippen LogP contribution in [0, 0.1) is 9.39 Å². The van der Waals surface area contributed by atoms with E-state index in [2.05, 4.69) is 27.9 Å². The van der Waals surface area contributed by atoms with Gasteiger partial charge in [-0.05, 0) is 40.8 Å². The first kappa shape index (κ1) is 10.9. The SMILES string of the molecule is CC(C)NCc1cc(I)ccc1F. The van der Waals surface area contributed by atoms with Gasteiger partial charge in [-0.25, -0.2) is 4.39 Å². The summed E-state index contributed by atoms with van der Waals surface area (Å²) in [5, 5.41) is 3.19. The van der Waals surface area contributed by atoms with Crippen LogP contribution in [0.5, 0.6) is 0 Å². The zero-order valence-electron chi connectivity index (χ0n) is 7.77. The first-order valence-electron chi connectivity index (χ1n) is 4.27. The van der Waals surface area contributed by atoms with E-state index in [-0.39, 0.29) is 5.82 Å². The fourth-order valence-electron chi connectivity index (χ4n) is 0.993. The maximum Gasteiger partial charge on any atom is 0.127 e. The Balaban J connectivity index is 2.70. The van der Waals surface area contributed by atoms with Crippen LogP contribution in [0.1, 0.15) is 19.4 Å². The number of nitrogens with one attached hydrogen (secondary N) is 1. The second kappa shape index (κ2) is 4.91. The van der Waals surface area contributed by atoms with E-state index in [0.29, 0.717) is 12.6 Å². The van der Waals surface area contributed by atoms with Gasteiger partial charge in [-0.2, -0.15) is 0 Å². The lowest BCUT2D eigenvalue weighted by atomic mass is 10.2. The van der Waals surface area contributed by atoms with Crippen molar-refractivity contribution in [1.29, 1.82) is 0 Å². The second-order valence-electron chi connectivity index (χ2n) is 3.27. The van der Waals surface area contributed by atoms with E-state index in [0.717, 1.165) is 9.13 Å². The molecule has 72 valence electrons. The predicted octanol–water partition coefficient (Wildman–Crippen LogP) is 2.93. The minimum absolute atomic E-state index is 0.131. The lowest BCUT2D eigenvalue weighted by Crippen LogP contribution is -2.22. The van der Waals surface area contributed by atoms with Crippen molar-refractivity contribution in [1.82, 2.24) is 5.32 Å². The molecule has 0 fully saturated rings. The molecule has 0 radical (unpaired) electrons. The van der Waals surface area contributed by atoms with E-state index in [1.54, 1.807) is 6.07 Å². The zero-order chi connectivity index (χ0) is 9.84. The highest BCUT2D eigenvalue weighted by Crippen LogP contribution is 2.12. The Bertz CT molecular complexity index is 286. The number of halogens is 2. The van der Waals surface area contributed by atoms with Gasteiger partial charge < -0.3 is 5.32 Å². The number of hydrogen-bond donors (Lipinski definition) is 1. The molecule has 1 aromatic rings. The van der Waals surface area contributed by atoms with E-state index in [1.807, 2.05) is 19.9 Å². The molecule has 0 spiro atoms. The highest BCUT2D eigenvalue weighted by atomic mass is 127. The summed E-state index contributed by atoms with van der Waals surface area (Å²) >= 11 is 2.18. The van der Waals surface area contributed by atoms with Crippen molar-refractivity contribution < 1.29 is 4.39 Å². The zero-order valence-corrected chi connectivity index (χ0v) is 9.93. The van der Waals surface area contributed by atoms with Crippen molar-refractivity contribution in [3.05, 3.63) is 33.1 Å². The summed E-state index contributed by atoms with van der Waals surface area (Å²) in [6, 6.07) is 5.54. The van der Waals surface area contributed by atoms with E-state index >= 15 is 0 Å². The Morgan fingerprint density at radius 2 is 2.15 bits per heavy atom. The van der Waals surface area contributed by atoms with Crippen LogP contribution in [-0.4, -0.2) is 6.04 Å². The summed E-state index contributed by atoms with van der Waals surface area (Å²) in [5.41, 5.74) is 0.737. The molecule has 0 heterocycles. The minimum Gasteiger partial charge on any atom is -0.310 e. The van der Waals surface area contributed by atoms with Gasteiger partial charge in [0, 0.05) is 21.7 Å². The van der Waals surface area contributed by atoms with Crippen LogP contribution in [-0.2, 0) is 6.54 Å². The van der Waals surface area contributed by atoms with Gasteiger partial charge in [0.1, 0.15) is 5.82 Å². The largest absolute Gasteiger partial charge is 0.310 e. The molecule has 0 saturated carbocycles. The summed E-state index contributed by atoms with van der Waals surface area (Å²) < 4.78 is 14.2. The number of hydrogen-bond acceptors (Lipinski definition) is 1. The van der Waals surface area contributed by atoms with E-state index in [9.17, 15) is 4.39 Å². The smallest absolute Gasteiger partial charge is 0.127 e. The summed E-state index contributed by atoms with van der Waals surface area (Å²) in [4.78, 5) is 0. The van der Waals surface area contributed by atoms with E-state index in [1.165, 1.54) is 6.07 Å². The molecule has 1 nitrogen and oxygen atoms in total. The fourth-order valence-corrected chi connectivity index (χ4v) is 1.55. The summed E-state index contributed by atoms with van der Waals surface area (Å²) in [7, 11) is 0. The molecule has 0 aliphatic heterocycles. The van der Waals surface area contributed by atoms with Crippen LogP contribution in [0.4, 0.5) is 4.39 Å². The highest BCUT2D eigenvalue weighted by molar-refractivity contribution is 14.1. The summed E-state index contributed by atoms with van der Waals surface area (Å²) in [6.07, 6.45) is 0. The molecule has 0 amide bonds. The molecule has 0 aromatic heterocycles. The van der Waals surface area contributed by atoms with E-state index < -0.39 is 0 Å². The minimum atomic E-state index is -0.131. The normalized spacial score (nSPS) is 10.8. The molecular weight excluding hydrogens is 280 g/mol. The molecular formula is C10H13FIN. The molecule has 0 bridgehead atoms. The summed E-state index contributed by atoms with van der Waals surface area (Å²) in [5.74, 6) is -0.131. The van der Waals surface area contributed by atoms with Crippen LogP contribution < -0.4 is 5.32 Å². The van der Waals surface area contributed by atoms with Gasteiger partial charge >= 0.3 is 0 Å². The van der Waals surface area contributed by atoms with Crippen molar-refractivity contribution in [2.24, 2.45) is 0 Å². The van der Waals surface area contributed by atoms with Gasteiger partial charge in [0.25, 0.3) is 0 Å². The van der Waals surface area contributed by atoms with Gasteiger partial charge in [-0.15, -0.1) is 0 Å². The van der Waals surface area contributed by atoms with Gasteiger partial charge in [-0.1, -0.05) is 13.8 Å². The van der Waals surface area contributed by atoms with Crippen LogP contribution in [0.2, 0.25) is 0 Å².